The van der Waals surface area contributed by atoms with Crippen molar-refractivity contribution in [3.63, 3.8) is 0 Å². The number of rotatable bonds is 10. The van der Waals surface area contributed by atoms with Crippen LogP contribution in [0.15, 0.2) is 35.1 Å². The zero-order chi connectivity index (χ0) is 22.4. The average Bonchev–Trinajstić information content (AvgIpc) is 3.06. The molecule has 9 heteroatoms. The number of aromatic amines is 1. The Bertz CT molecular complexity index is 1080. The van der Waals surface area contributed by atoms with Crippen LogP contribution in [0.1, 0.15) is 33.5 Å². The number of aromatic nitrogens is 2. The minimum absolute atomic E-state index is 0.210. The van der Waals surface area contributed by atoms with Gasteiger partial charge in [0, 0.05) is 20.2 Å². The highest BCUT2D eigenvalue weighted by atomic mass is 32.1. The Morgan fingerprint density at radius 2 is 2.03 bits per heavy atom. The highest BCUT2D eigenvalue weighted by Gasteiger charge is 2.21. The number of nitrogens with one attached hydrogen (secondary N) is 1. The summed E-state index contributed by atoms with van der Waals surface area (Å²) in [5.74, 6) is 0.0204. The van der Waals surface area contributed by atoms with E-state index in [1.54, 1.807) is 13.8 Å². The standard InChI is InChI=1S/C22H27N3O5S/c1-4-30-22(28)19-14(2)18-20(27)23-17(24-21(18)31-19)12-25(11-16(26)13-29-3)10-15-8-6-5-7-9-15/h5-9,16,26H,4,10-13H2,1-3H3,(H,23,24,27)/t16-/m0/s1. The first-order chi connectivity index (χ1) is 14.9. The predicted octanol–water partition coefficient (Wildman–Crippen LogP) is 2.48. The second kappa shape index (κ2) is 10.6. The molecule has 166 valence electrons. The maximum atomic E-state index is 12.7. The molecule has 2 heterocycles. The van der Waals surface area contributed by atoms with Crippen molar-refractivity contribution in [2.24, 2.45) is 0 Å². The molecule has 0 amide bonds. The minimum Gasteiger partial charge on any atom is -0.462 e. The highest BCUT2D eigenvalue weighted by Crippen LogP contribution is 2.27. The van der Waals surface area contributed by atoms with Crippen LogP contribution in [0.4, 0.5) is 0 Å². The predicted molar refractivity (Wildman–Crippen MR) is 119 cm³/mol. The van der Waals surface area contributed by atoms with Crippen LogP contribution in [0, 0.1) is 6.92 Å². The van der Waals surface area contributed by atoms with Crippen LogP contribution in [-0.2, 0) is 22.6 Å². The first kappa shape index (κ1) is 23.1. The molecule has 3 rings (SSSR count). The molecule has 0 bridgehead atoms. The lowest BCUT2D eigenvalue weighted by Gasteiger charge is -2.24. The van der Waals surface area contributed by atoms with Gasteiger partial charge in [0.15, 0.2) is 0 Å². The number of benzene rings is 1. The Morgan fingerprint density at radius 1 is 1.29 bits per heavy atom. The molecular formula is C22H27N3O5S. The lowest BCUT2D eigenvalue weighted by atomic mass is 10.2. The molecule has 1 atom stereocenters. The number of nitrogens with zero attached hydrogens (tertiary/aromatic N) is 2. The van der Waals surface area contributed by atoms with Crippen molar-refractivity contribution in [1.82, 2.24) is 14.9 Å². The fraction of sp³-hybridized carbons (Fsp3) is 0.409. The zero-order valence-corrected chi connectivity index (χ0v) is 18.7. The Balaban J connectivity index is 1.90. The quantitative estimate of drug-likeness (QED) is 0.462. The molecular weight excluding hydrogens is 418 g/mol. The number of carbonyl (C=O) groups excluding carboxylic acids is 1. The van der Waals surface area contributed by atoms with Crippen LogP contribution >= 0.6 is 11.3 Å². The Labute approximate surface area is 184 Å². The number of fused-ring (bicyclic) bond motifs is 1. The zero-order valence-electron chi connectivity index (χ0n) is 17.9. The van der Waals surface area contributed by atoms with Gasteiger partial charge in [-0.15, -0.1) is 11.3 Å². The van der Waals surface area contributed by atoms with Crippen LogP contribution < -0.4 is 5.56 Å². The third kappa shape index (κ3) is 5.76. The summed E-state index contributed by atoms with van der Waals surface area (Å²) in [6.45, 7) is 5.18. The van der Waals surface area contributed by atoms with Crippen molar-refractivity contribution in [3.05, 3.63) is 62.5 Å². The van der Waals surface area contributed by atoms with E-state index in [0.29, 0.717) is 46.1 Å². The molecule has 1 aromatic carbocycles. The van der Waals surface area contributed by atoms with E-state index in [2.05, 4.69) is 9.97 Å². The number of hydrogen-bond donors (Lipinski definition) is 2. The van der Waals surface area contributed by atoms with E-state index >= 15 is 0 Å². The second-order valence-corrected chi connectivity index (χ2v) is 8.23. The van der Waals surface area contributed by atoms with Gasteiger partial charge in [0.1, 0.15) is 15.5 Å². The molecule has 31 heavy (non-hydrogen) atoms. The summed E-state index contributed by atoms with van der Waals surface area (Å²) in [6.07, 6.45) is -0.677. The summed E-state index contributed by atoms with van der Waals surface area (Å²) in [6, 6.07) is 9.86. The topological polar surface area (TPSA) is 105 Å². The number of carbonyl (C=O) groups is 1. The smallest absolute Gasteiger partial charge is 0.348 e. The fourth-order valence-electron chi connectivity index (χ4n) is 3.44. The van der Waals surface area contributed by atoms with Gasteiger partial charge in [0.25, 0.3) is 5.56 Å². The summed E-state index contributed by atoms with van der Waals surface area (Å²) < 4.78 is 10.1. The van der Waals surface area contributed by atoms with Gasteiger partial charge in [0.2, 0.25) is 0 Å². The third-order valence-corrected chi connectivity index (χ3v) is 5.93. The van der Waals surface area contributed by atoms with Gasteiger partial charge in [-0.3, -0.25) is 9.69 Å². The number of esters is 1. The van der Waals surface area contributed by atoms with E-state index in [1.807, 2.05) is 35.2 Å². The van der Waals surface area contributed by atoms with Crippen LogP contribution in [0.25, 0.3) is 10.2 Å². The van der Waals surface area contributed by atoms with E-state index in [1.165, 1.54) is 7.11 Å². The molecule has 0 aliphatic carbocycles. The molecule has 0 unspecified atom stereocenters. The van der Waals surface area contributed by atoms with Crippen LogP contribution in [0.3, 0.4) is 0 Å². The van der Waals surface area contributed by atoms with Crippen LogP contribution in [-0.4, -0.2) is 58.9 Å². The number of ether oxygens (including phenoxy) is 2. The average molecular weight is 446 g/mol. The molecule has 0 saturated heterocycles. The summed E-state index contributed by atoms with van der Waals surface area (Å²) in [7, 11) is 1.54. The van der Waals surface area contributed by atoms with Crippen LogP contribution in [0.5, 0.6) is 0 Å². The SMILES string of the molecule is CCOC(=O)c1sc2nc(CN(Cc3ccccc3)C[C@H](O)COC)[nH]c(=O)c2c1C. The van der Waals surface area contributed by atoms with Crippen molar-refractivity contribution >= 4 is 27.5 Å². The molecule has 2 N–H and O–H groups in total. The molecule has 0 spiro atoms. The second-order valence-electron chi connectivity index (χ2n) is 7.23. The van der Waals surface area contributed by atoms with Crippen molar-refractivity contribution in [1.29, 1.82) is 0 Å². The molecule has 0 radical (unpaired) electrons. The Morgan fingerprint density at radius 3 is 2.71 bits per heavy atom. The van der Waals surface area contributed by atoms with E-state index < -0.39 is 12.1 Å². The number of thiophene rings is 1. The number of methoxy groups -OCH3 is 1. The number of aliphatic hydroxyl groups excluding tert-OH is 1. The third-order valence-electron chi connectivity index (χ3n) is 4.76. The van der Waals surface area contributed by atoms with Gasteiger partial charge in [-0.1, -0.05) is 30.3 Å². The summed E-state index contributed by atoms with van der Waals surface area (Å²) >= 11 is 1.16. The molecule has 0 fully saturated rings. The molecule has 3 aromatic rings. The molecule has 2 aromatic heterocycles. The number of hydrogen-bond acceptors (Lipinski definition) is 8. The van der Waals surface area contributed by atoms with Gasteiger partial charge >= 0.3 is 5.97 Å². The van der Waals surface area contributed by atoms with E-state index in [-0.39, 0.29) is 18.8 Å². The van der Waals surface area contributed by atoms with Gasteiger partial charge in [-0.25, -0.2) is 9.78 Å². The largest absolute Gasteiger partial charge is 0.462 e. The Kier molecular flexibility index (Phi) is 7.91. The molecule has 0 aliphatic heterocycles. The van der Waals surface area contributed by atoms with Crippen LogP contribution in [0.2, 0.25) is 0 Å². The highest BCUT2D eigenvalue weighted by molar-refractivity contribution is 7.20. The van der Waals surface area contributed by atoms with Crippen molar-refractivity contribution in [2.45, 2.75) is 33.0 Å². The summed E-state index contributed by atoms with van der Waals surface area (Å²) in [5.41, 5.74) is 1.36. The number of H-pyrrole nitrogens is 1. The molecule has 8 nitrogen and oxygen atoms in total. The van der Waals surface area contributed by atoms with Gasteiger partial charge < -0.3 is 19.6 Å². The number of aryl methyl sites for hydroxylation is 1. The monoisotopic (exact) mass is 445 g/mol. The first-order valence-corrected chi connectivity index (χ1v) is 10.9. The maximum absolute atomic E-state index is 12.7. The summed E-state index contributed by atoms with van der Waals surface area (Å²) in [5, 5.41) is 10.7. The number of aliphatic hydroxyl groups is 1. The normalized spacial score (nSPS) is 12.4. The van der Waals surface area contributed by atoms with E-state index in [4.69, 9.17) is 9.47 Å². The van der Waals surface area contributed by atoms with Gasteiger partial charge in [-0.05, 0) is 25.0 Å². The van der Waals surface area contributed by atoms with E-state index in [9.17, 15) is 14.7 Å². The fourth-order valence-corrected chi connectivity index (χ4v) is 4.53. The maximum Gasteiger partial charge on any atom is 0.348 e. The summed E-state index contributed by atoms with van der Waals surface area (Å²) in [4.78, 5) is 35.3. The Hall–Kier alpha value is -2.59. The lowest BCUT2D eigenvalue weighted by molar-refractivity contribution is 0.0332. The van der Waals surface area contributed by atoms with Crippen molar-refractivity contribution < 1.29 is 19.4 Å². The molecule has 0 aliphatic rings. The van der Waals surface area contributed by atoms with Gasteiger partial charge in [0.05, 0.1) is 31.2 Å². The lowest BCUT2D eigenvalue weighted by Crippen LogP contribution is -2.35. The van der Waals surface area contributed by atoms with Crippen molar-refractivity contribution in [2.75, 3.05) is 26.9 Å². The van der Waals surface area contributed by atoms with Crippen molar-refractivity contribution in [3.8, 4) is 0 Å². The first-order valence-electron chi connectivity index (χ1n) is 10.1. The van der Waals surface area contributed by atoms with Gasteiger partial charge in [-0.2, -0.15) is 0 Å². The minimum atomic E-state index is -0.677. The molecule has 0 saturated carbocycles. The van der Waals surface area contributed by atoms with E-state index in [0.717, 1.165) is 16.9 Å².